The van der Waals surface area contributed by atoms with Gasteiger partial charge in [-0.15, -0.1) is 0 Å². The van der Waals surface area contributed by atoms with Crippen LogP contribution >= 0.6 is 0 Å². The molecule has 1 aromatic rings. The van der Waals surface area contributed by atoms with E-state index in [1.165, 1.54) is 25.7 Å². The first kappa shape index (κ1) is 13.5. The van der Waals surface area contributed by atoms with Crippen molar-refractivity contribution in [3.8, 4) is 0 Å². The minimum absolute atomic E-state index is 0.239. The molecule has 3 nitrogen and oxygen atoms in total. The number of rotatable bonds is 1. The minimum atomic E-state index is 0.239. The topological polar surface area (TPSA) is 32.3 Å². The molecule has 0 atom stereocenters. The third-order valence-electron chi connectivity index (χ3n) is 4.54. The van der Waals surface area contributed by atoms with Gasteiger partial charge in [-0.2, -0.15) is 0 Å². The normalized spacial score (nSPS) is 20.5. The predicted octanol–water partition coefficient (Wildman–Crippen LogP) is 3.81. The number of para-hydroxylation sites is 2. The molecule has 0 aromatic heterocycles. The molecule has 0 spiro atoms. The maximum absolute atomic E-state index is 12.9. The van der Waals surface area contributed by atoms with Crippen LogP contribution in [0.1, 0.15) is 44.9 Å². The lowest BCUT2D eigenvalue weighted by atomic mass is 9.98. The molecule has 2 aliphatic rings. The summed E-state index contributed by atoms with van der Waals surface area (Å²) in [6.07, 6.45) is 8.18. The third-order valence-corrected chi connectivity index (χ3v) is 4.54. The Balaban J connectivity index is 1.83. The maximum atomic E-state index is 12.9. The standard InChI is InChI=1S/C17H24N2O/c20-17(14-8-3-1-2-4-9-14)19-13-7-12-18-15-10-5-6-11-16(15)19/h5-6,10-11,14,18H,1-4,7-9,12-13H2. The lowest BCUT2D eigenvalue weighted by molar-refractivity contribution is -0.122. The van der Waals surface area contributed by atoms with Crippen LogP contribution in [0.4, 0.5) is 11.4 Å². The molecule has 1 aliphatic carbocycles. The number of carbonyl (C=O) groups is 1. The fraction of sp³-hybridized carbons (Fsp3) is 0.588. The van der Waals surface area contributed by atoms with Gasteiger partial charge in [0.25, 0.3) is 0 Å². The Morgan fingerprint density at radius 2 is 1.80 bits per heavy atom. The highest BCUT2D eigenvalue weighted by Gasteiger charge is 2.28. The van der Waals surface area contributed by atoms with Crippen molar-refractivity contribution in [2.75, 3.05) is 23.3 Å². The Morgan fingerprint density at radius 3 is 2.60 bits per heavy atom. The van der Waals surface area contributed by atoms with Crippen molar-refractivity contribution in [3.05, 3.63) is 24.3 Å². The molecule has 0 bridgehead atoms. The second-order valence-corrected chi connectivity index (χ2v) is 5.98. The van der Waals surface area contributed by atoms with Gasteiger partial charge in [0.15, 0.2) is 0 Å². The van der Waals surface area contributed by atoms with Crippen LogP contribution in [0.3, 0.4) is 0 Å². The number of nitrogens with one attached hydrogen (secondary N) is 1. The van der Waals surface area contributed by atoms with Crippen LogP contribution in [-0.4, -0.2) is 19.0 Å². The molecule has 3 rings (SSSR count). The van der Waals surface area contributed by atoms with E-state index in [4.69, 9.17) is 0 Å². The van der Waals surface area contributed by atoms with Crippen LogP contribution in [0.5, 0.6) is 0 Å². The molecule has 1 aliphatic heterocycles. The fourth-order valence-electron chi connectivity index (χ4n) is 3.41. The average Bonchev–Trinajstić information content (AvgIpc) is 2.87. The first-order chi connectivity index (χ1) is 9.86. The smallest absolute Gasteiger partial charge is 0.230 e. The molecular formula is C17H24N2O. The van der Waals surface area contributed by atoms with Crippen LogP contribution in [0.15, 0.2) is 24.3 Å². The second kappa shape index (κ2) is 6.29. The average molecular weight is 272 g/mol. The van der Waals surface area contributed by atoms with E-state index >= 15 is 0 Å². The Hall–Kier alpha value is -1.51. The molecule has 0 saturated heterocycles. The zero-order valence-electron chi connectivity index (χ0n) is 12.1. The lowest BCUT2D eigenvalue weighted by Gasteiger charge is -2.26. The van der Waals surface area contributed by atoms with Crippen molar-refractivity contribution in [1.29, 1.82) is 0 Å². The summed E-state index contributed by atoms with van der Waals surface area (Å²) in [5, 5.41) is 3.43. The van der Waals surface area contributed by atoms with Crippen molar-refractivity contribution < 1.29 is 4.79 Å². The van der Waals surface area contributed by atoms with Crippen molar-refractivity contribution in [1.82, 2.24) is 0 Å². The van der Waals surface area contributed by atoms with Gasteiger partial charge in [-0.25, -0.2) is 0 Å². The van der Waals surface area contributed by atoms with Gasteiger partial charge in [0.1, 0.15) is 0 Å². The molecule has 1 amide bonds. The Labute approximate surface area is 121 Å². The van der Waals surface area contributed by atoms with Crippen LogP contribution in [0, 0.1) is 5.92 Å². The number of anilines is 2. The van der Waals surface area contributed by atoms with Gasteiger partial charge in [-0.3, -0.25) is 4.79 Å². The fourth-order valence-corrected chi connectivity index (χ4v) is 3.41. The van der Waals surface area contributed by atoms with Crippen molar-refractivity contribution in [3.63, 3.8) is 0 Å². The molecule has 20 heavy (non-hydrogen) atoms. The van der Waals surface area contributed by atoms with Gasteiger partial charge < -0.3 is 10.2 Å². The van der Waals surface area contributed by atoms with Gasteiger partial charge in [0.05, 0.1) is 11.4 Å². The number of benzene rings is 1. The van der Waals surface area contributed by atoms with Crippen LogP contribution in [0.25, 0.3) is 0 Å². The van der Waals surface area contributed by atoms with Crippen molar-refractivity contribution in [2.24, 2.45) is 5.92 Å². The first-order valence-electron chi connectivity index (χ1n) is 8.00. The SMILES string of the molecule is O=C(C1CCCCCC1)N1CCCNc2ccccc21. The number of nitrogens with zero attached hydrogens (tertiary/aromatic N) is 1. The third kappa shape index (κ3) is 2.82. The Bertz CT molecular complexity index is 464. The molecule has 108 valence electrons. The van der Waals surface area contributed by atoms with Gasteiger partial charge in [-0.1, -0.05) is 37.8 Å². The largest absolute Gasteiger partial charge is 0.383 e. The van der Waals surface area contributed by atoms with Crippen molar-refractivity contribution >= 4 is 17.3 Å². The quantitative estimate of drug-likeness (QED) is 0.789. The van der Waals surface area contributed by atoms with Crippen LogP contribution < -0.4 is 10.2 Å². The van der Waals surface area contributed by atoms with Crippen LogP contribution in [0.2, 0.25) is 0 Å². The summed E-state index contributed by atoms with van der Waals surface area (Å²) in [6.45, 7) is 1.80. The highest BCUT2D eigenvalue weighted by molar-refractivity contribution is 5.98. The number of fused-ring (bicyclic) bond motifs is 1. The maximum Gasteiger partial charge on any atom is 0.230 e. The summed E-state index contributed by atoms with van der Waals surface area (Å²) in [4.78, 5) is 15.0. The van der Waals surface area contributed by atoms with Gasteiger partial charge >= 0.3 is 0 Å². The first-order valence-corrected chi connectivity index (χ1v) is 8.00. The van der Waals surface area contributed by atoms with Gasteiger partial charge in [-0.05, 0) is 31.4 Å². The monoisotopic (exact) mass is 272 g/mol. The summed E-state index contributed by atoms with van der Waals surface area (Å²) in [5.74, 6) is 0.590. The van der Waals surface area contributed by atoms with E-state index in [0.717, 1.165) is 43.7 Å². The second-order valence-electron chi connectivity index (χ2n) is 5.98. The van der Waals surface area contributed by atoms with E-state index in [0.29, 0.717) is 5.91 Å². The van der Waals surface area contributed by atoms with E-state index < -0.39 is 0 Å². The Morgan fingerprint density at radius 1 is 1.05 bits per heavy atom. The minimum Gasteiger partial charge on any atom is -0.383 e. The van der Waals surface area contributed by atoms with E-state index in [1.54, 1.807) is 0 Å². The lowest BCUT2D eigenvalue weighted by Crippen LogP contribution is -2.36. The van der Waals surface area contributed by atoms with Gasteiger partial charge in [0.2, 0.25) is 5.91 Å². The highest BCUT2D eigenvalue weighted by atomic mass is 16.2. The predicted molar refractivity (Wildman–Crippen MR) is 83.1 cm³/mol. The number of hydrogen-bond donors (Lipinski definition) is 1. The molecule has 1 saturated carbocycles. The highest BCUT2D eigenvalue weighted by Crippen LogP contribution is 2.32. The van der Waals surface area contributed by atoms with E-state index in [2.05, 4.69) is 17.4 Å². The summed E-state index contributed by atoms with van der Waals surface area (Å²) in [6, 6.07) is 8.21. The molecule has 1 N–H and O–H groups in total. The molecule has 3 heteroatoms. The van der Waals surface area contributed by atoms with E-state index in [9.17, 15) is 4.79 Å². The van der Waals surface area contributed by atoms with E-state index in [-0.39, 0.29) is 5.92 Å². The molecule has 1 fully saturated rings. The number of amides is 1. The summed E-state index contributed by atoms with van der Waals surface area (Å²) in [7, 11) is 0. The summed E-state index contributed by atoms with van der Waals surface area (Å²) in [5.41, 5.74) is 2.17. The zero-order valence-corrected chi connectivity index (χ0v) is 12.1. The van der Waals surface area contributed by atoms with E-state index in [1.807, 2.05) is 17.0 Å². The number of hydrogen-bond acceptors (Lipinski definition) is 2. The molecule has 0 unspecified atom stereocenters. The number of carbonyl (C=O) groups excluding carboxylic acids is 1. The molecule has 0 radical (unpaired) electrons. The Kier molecular flexibility index (Phi) is 4.24. The summed E-state index contributed by atoms with van der Waals surface area (Å²) >= 11 is 0. The molecular weight excluding hydrogens is 248 g/mol. The zero-order chi connectivity index (χ0) is 13.8. The molecule has 1 heterocycles. The summed E-state index contributed by atoms with van der Waals surface area (Å²) < 4.78 is 0. The molecule has 1 aromatic carbocycles. The van der Waals surface area contributed by atoms with Gasteiger partial charge in [0, 0.05) is 19.0 Å². The van der Waals surface area contributed by atoms with Crippen molar-refractivity contribution in [2.45, 2.75) is 44.9 Å². The van der Waals surface area contributed by atoms with Crippen LogP contribution in [-0.2, 0) is 4.79 Å².